The van der Waals surface area contributed by atoms with Crippen molar-refractivity contribution in [2.45, 2.75) is 12.8 Å². The third-order valence-electron chi connectivity index (χ3n) is 2.74. The van der Waals surface area contributed by atoms with E-state index in [0.717, 1.165) is 11.3 Å². The number of nitrogens with two attached hydrogens (primary N) is 1. The van der Waals surface area contributed by atoms with E-state index >= 15 is 0 Å². The van der Waals surface area contributed by atoms with Crippen LogP contribution in [0.15, 0.2) is 24.3 Å². The molecule has 0 spiro atoms. The van der Waals surface area contributed by atoms with E-state index in [4.69, 9.17) is 19.9 Å². The Morgan fingerprint density at radius 3 is 2.21 bits per heavy atom. The molecule has 1 aromatic rings. The molecule has 6 nitrogen and oxygen atoms in total. The minimum absolute atomic E-state index is 0.272. The minimum Gasteiger partial charge on any atom is -0.497 e. The largest absolute Gasteiger partial charge is 0.497 e. The predicted octanol–water partition coefficient (Wildman–Crippen LogP) is 1.19. The second kappa shape index (κ2) is 7.60. The molecule has 0 bridgehead atoms. The highest BCUT2D eigenvalue weighted by Crippen LogP contribution is 2.13. The highest BCUT2D eigenvalue weighted by molar-refractivity contribution is 5.72. The lowest BCUT2D eigenvalue weighted by Gasteiger charge is -2.24. The van der Waals surface area contributed by atoms with Gasteiger partial charge < -0.3 is 24.8 Å². The number of primary amides is 1. The van der Waals surface area contributed by atoms with Crippen LogP contribution >= 0.6 is 0 Å². The zero-order valence-electron chi connectivity index (χ0n) is 11.5. The number of urea groups is 1. The van der Waals surface area contributed by atoms with Crippen molar-refractivity contribution < 1.29 is 19.0 Å². The fourth-order valence-electron chi connectivity index (χ4n) is 1.61. The zero-order chi connectivity index (χ0) is 14.3. The van der Waals surface area contributed by atoms with Crippen LogP contribution < -0.4 is 10.5 Å². The molecule has 0 unspecified atom stereocenters. The molecule has 0 aliphatic carbocycles. The topological polar surface area (TPSA) is 74.0 Å². The van der Waals surface area contributed by atoms with Crippen molar-refractivity contribution in [2.24, 2.45) is 5.73 Å². The molecule has 0 fully saturated rings. The Morgan fingerprint density at radius 1 is 1.21 bits per heavy atom. The van der Waals surface area contributed by atoms with E-state index in [9.17, 15) is 4.79 Å². The first-order valence-electron chi connectivity index (χ1n) is 5.83. The highest BCUT2D eigenvalue weighted by Gasteiger charge is 2.16. The summed E-state index contributed by atoms with van der Waals surface area (Å²) in [7, 11) is 4.63. The first kappa shape index (κ1) is 15.3. The number of ether oxygens (including phenoxy) is 3. The van der Waals surface area contributed by atoms with E-state index in [1.807, 2.05) is 24.3 Å². The van der Waals surface area contributed by atoms with Crippen LogP contribution in [0, 0.1) is 0 Å². The number of benzene rings is 1. The van der Waals surface area contributed by atoms with Gasteiger partial charge in [0.25, 0.3) is 0 Å². The van der Waals surface area contributed by atoms with Crippen LogP contribution in [0.4, 0.5) is 4.79 Å². The van der Waals surface area contributed by atoms with E-state index in [1.54, 1.807) is 7.11 Å². The summed E-state index contributed by atoms with van der Waals surface area (Å²) in [6.45, 7) is 0.664. The first-order chi connectivity index (χ1) is 9.10. The maximum absolute atomic E-state index is 11.4. The van der Waals surface area contributed by atoms with Crippen molar-refractivity contribution in [2.75, 3.05) is 27.9 Å². The molecule has 0 saturated heterocycles. The average Bonchev–Trinajstić information content (AvgIpc) is 2.43. The van der Waals surface area contributed by atoms with Crippen LogP contribution in [0.25, 0.3) is 0 Å². The quantitative estimate of drug-likeness (QED) is 0.754. The average molecular weight is 268 g/mol. The third-order valence-corrected chi connectivity index (χ3v) is 2.74. The van der Waals surface area contributed by atoms with Gasteiger partial charge in [-0.1, -0.05) is 12.1 Å². The second-order valence-electron chi connectivity index (χ2n) is 3.97. The summed E-state index contributed by atoms with van der Waals surface area (Å²) in [4.78, 5) is 12.9. The zero-order valence-corrected chi connectivity index (χ0v) is 11.5. The van der Waals surface area contributed by atoms with Crippen molar-refractivity contribution in [3.05, 3.63) is 29.8 Å². The summed E-state index contributed by atoms with van der Waals surface area (Å²) < 4.78 is 15.2. The molecule has 19 heavy (non-hydrogen) atoms. The van der Waals surface area contributed by atoms with Crippen LogP contribution in [0.5, 0.6) is 5.75 Å². The van der Waals surface area contributed by atoms with Gasteiger partial charge in [-0.25, -0.2) is 4.79 Å². The number of hydrogen-bond acceptors (Lipinski definition) is 4. The van der Waals surface area contributed by atoms with Crippen LogP contribution in [-0.4, -0.2) is 45.1 Å². The van der Waals surface area contributed by atoms with Crippen molar-refractivity contribution in [1.29, 1.82) is 0 Å². The second-order valence-corrected chi connectivity index (χ2v) is 3.97. The molecule has 0 aliphatic heterocycles. The number of methoxy groups -OCH3 is 3. The standard InChI is InChI=1S/C13H20N2O4/c1-17-11-6-4-10(5-7-11)8-15(13(14)16)9-12(18-2)19-3/h4-7,12H,8-9H2,1-3H3,(H2,14,16). The van der Waals surface area contributed by atoms with Gasteiger partial charge in [0.2, 0.25) is 0 Å². The molecule has 106 valence electrons. The van der Waals surface area contributed by atoms with Gasteiger partial charge in [0, 0.05) is 20.8 Å². The summed E-state index contributed by atoms with van der Waals surface area (Å²) in [6.07, 6.45) is -0.495. The molecule has 2 N–H and O–H groups in total. The smallest absolute Gasteiger partial charge is 0.315 e. The molecule has 0 saturated carbocycles. The Bertz CT molecular complexity index is 390. The number of hydrogen-bond donors (Lipinski definition) is 1. The van der Waals surface area contributed by atoms with Gasteiger partial charge in [0.05, 0.1) is 13.7 Å². The summed E-state index contributed by atoms with van der Waals surface area (Å²) in [5.41, 5.74) is 6.30. The van der Waals surface area contributed by atoms with Gasteiger partial charge in [-0.3, -0.25) is 0 Å². The summed E-state index contributed by atoms with van der Waals surface area (Å²) >= 11 is 0. The van der Waals surface area contributed by atoms with Gasteiger partial charge in [-0.15, -0.1) is 0 Å². The van der Waals surface area contributed by atoms with Gasteiger partial charge in [-0.05, 0) is 17.7 Å². The van der Waals surface area contributed by atoms with Crippen LogP contribution in [0.2, 0.25) is 0 Å². The Balaban J connectivity index is 2.69. The maximum atomic E-state index is 11.4. The molecular weight excluding hydrogens is 248 g/mol. The summed E-state index contributed by atoms with van der Waals surface area (Å²) in [5.74, 6) is 0.765. The van der Waals surface area contributed by atoms with Crippen LogP contribution in [0.1, 0.15) is 5.56 Å². The van der Waals surface area contributed by atoms with E-state index in [2.05, 4.69) is 0 Å². The molecule has 1 aromatic carbocycles. The lowest BCUT2D eigenvalue weighted by molar-refractivity contribution is -0.111. The molecule has 0 atom stereocenters. The van der Waals surface area contributed by atoms with Crippen LogP contribution in [-0.2, 0) is 16.0 Å². The normalized spacial score (nSPS) is 10.5. The summed E-state index contributed by atoms with van der Waals surface area (Å²) in [6, 6.07) is 6.90. The lowest BCUT2D eigenvalue weighted by atomic mass is 10.2. The van der Waals surface area contributed by atoms with Crippen LogP contribution in [0.3, 0.4) is 0 Å². The van der Waals surface area contributed by atoms with Gasteiger partial charge in [0.15, 0.2) is 6.29 Å². The first-order valence-corrected chi connectivity index (χ1v) is 5.83. The summed E-state index contributed by atoms with van der Waals surface area (Å²) in [5, 5.41) is 0. The molecule has 0 aromatic heterocycles. The molecule has 1 rings (SSSR count). The predicted molar refractivity (Wildman–Crippen MR) is 70.8 cm³/mol. The van der Waals surface area contributed by atoms with E-state index in [0.29, 0.717) is 6.54 Å². The van der Waals surface area contributed by atoms with Crippen molar-refractivity contribution in [3.63, 3.8) is 0 Å². The molecular formula is C13H20N2O4. The molecule has 2 amide bonds. The Hall–Kier alpha value is -1.79. The van der Waals surface area contributed by atoms with Gasteiger partial charge in [-0.2, -0.15) is 0 Å². The van der Waals surface area contributed by atoms with Gasteiger partial charge in [0.1, 0.15) is 5.75 Å². The van der Waals surface area contributed by atoms with E-state index < -0.39 is 12.3 Å². The minimum atomic E-state index is -0.519. The lowest BCUT2D eigenvalue weighted by Crippen LogP contribution is -2.41. The van der Waals surface area contributed by atoms with E-state index in [-0.39, 0.29) is 6.54 Å². The highest BCUT2D eigenvalue weighted by atomic mass is 16.7. The molecule has 6 heteroatoms. The van der Waals surface area contributed by atoms with Gasteiger partial charge >= 0.3 is 6.03 Å². The Morgan fingerprint density at radius 2 is 1.79 bits per heavy atom. The number of carbonyl (C=O) groups excluding carboxylic acids is 1. The Kier molecular flexibility index (Phi) is 6.11. The number of carbonyl (C=O) groups is 1. The number of rotatable bonds is 7. The van der Waals surface area contributed by atoms with E-state index in [1.165, 1.54) is 19.1 Å². The Labute approximate surface area is 113 Å². The van der Waals surface area contributed by atoms with Crippen molar-refractivity contribution in [3.8, 4) is 5.75 Å². The maximum Gasteiger partial charge on any atom is 0.315 e. The van der Waals surface area contributed by atoms with Crippen molar-refractivity contribution >= 4 is 6.03 Å². The number of nitrogens with zero attached hydrogens (tertiary/aromatic N) is 1. The third kappa shape index (κ3) is 4.76. The van der Waals surface area contributed by atoms with Crippen molar-refractivity contribution in [1.82, 2.24) is 4.90 Å². The fourth-order valence-corrected chi connectivity index (χ4v) is 1.61. The number of amides is 2. The molecule has 0 heterocycles. The SMILES string of the molecule is COc1ccc(CN(CC(OC)OC)C(N)=O)cc1. The molecule has 0 radical (unpaired) electrons. The molecule has 0 aliphatic rings. The fraction of sp³-hybridized carbons (Fsp3) is 0.462. The monoisotopic (exact) mass is 268 g/mol.